The number of hydrogen-bond acceptors (Lipinski definition) is 2. The highest BCUT2D eigenvalue weighted by Gasteiger charge is 2.00. The van der Waals surface area contributed by atoms with Crippen LogP contribution in [0.4, 0.5) is 4.79 Å². The van der Waals surface area contributed by atoms with Gasteiger partial charge in [0.2, 0.25) is 0 Å². The molecule has 4 heteroatoms. The molecular weight excluding hydrogens is 226 g/mol. The number of rotatable bonds is 3. The van der Waals surface area contributed by atoms with Crippen LogP contribution in [0.2, 0.25) is 0 Å². The van der Waals surface area contributed by atoms with Crippen LogP contribution in [0.3, 0.4) is 0 Å². The Morgan fingerprint density at radius 1 is 1.28 bits per heavy atom. The van der Waals surface area contributed by atoms with Crippen molar-refractivity contribution in [2.24, 2.45) is 10.8 Å². The molecule has 18 heavy (non-hydrogen) atoms. The lowest BCUT2D eigenvalue weighted by atomic mass is 9.99. The quantitative estimate of drug-likeness (QED) is 0.624. The SMILES string of the molecule is CC(/C=C/c1c(C)cc(C)cc1C)=N\NC(N)=O. The van der Waals surface area contributed by atoms with Gasteiger partial charge in [0.25, 0.3) is 0 Å². The molecule has 0 fully saturated rings. The Morgan fingerprint density at radius 2 is 1.83 bits per heavy atom. The molecule has 0 saturated heterocycles. The first kappa shape index (κ1) is 14.0. The van der Waals surface area contributed by atoms with Crippen LogP contribution in [0, 0.1) is 20.8 Å². The molecule has 0 spiro atoms. The van der Waals surface area contributed by atoms with Gasteiger partial charge in [-0.05, 0) is 50.5 Å². The van der Waals surface area contributed by atoms with Crippen molar-refractivity contribution in [1.82, 2.24) is 5.43 Å². The van der Waals surface area contributed by atoms with Crippen LogP contribution in [-0.4, -0.2) is 11.7 Å². The maximum atomic E-state index is 10.5. The summed E-state index contributed by atoms with van der Waals surface area (Å²) >= 11 is 0. The number of allylic oxidation sites excluding steroid dienone is 1. The van der Waals surface area contributed by atoms with E-state index in [2.05, 4.69) is 43.4 Å². The number of carbonyl (C=O) groups is 1. The first-order chi connectivity index (χ1) is 8.40. The van der Waals surface area contributed by atoms with Crippen molar-refractivity contribution >= 4 is 17.8 Å². The lowest BCUT2D eigenvalue weighted by molar-refractivity contribution is 0.249. The number of hydrogen-bond donors (Lipinski definition) is 2. The van der Waals surface area contributed by atoms with Crippen LogP contribution < -0.4 is 11.2 Å². The molecule has 0 unspecified atom stereocenters. The van der Waals surface area contributed by atoms with E-state index in [9.17, 15) is 4.79 Å². The van der Waals surface area contributed by atoms with Crippen LogP contribution >= 0.6 is 0 Å². The number of nitrogens with one attached hydrogen (secondary N) is 1. The molecule has 1 rings (SSSR count). The van der Waals surface area contributed by atoms with Gasteiger partial charge in [0.15, 0.2) is 0 Å². The lowest BCUT2D eigenvalue weighted by Gasteiger charge is -2.06. The van der Waals surface area contributed by atoms with Gasteiger partial charge >= 0.3 is 6.03 Å². The molecule has 0 aliphatic rings. The summed E-state index contributed by atoms with van der Waals surface area (Å²) in [7, 11) is 0. The van der Waals surface area contributed by atoms with E-state index < -0.39 is 6.03 Å². The summed E-state index contributed by atoms with van der Waals surface area (Å²) in [4.78, 5) is 10.5. The smallest absolute Gasteiger partial charge is 0.332 e. The van der Waals surface area contributed by atoms with Crippen molar-refractivity contribution in [3.8, 4) is 0 Å². The first-order valence-corrected chi connectivity index (χ1v) is 5.76. The van der Waals surface area contributed by atoms with Gasteiger partial charge in [0.1, 0.15) is 0 Å². The number of carbonyl (C=O) groups excluding carboxylic acids is 1. The molecule has 0 aliphatic heterocycles. The fourth-order valence-corrected chi connectivity index (χ4v) is 1.84. The average Bonchev–Trinajstić information content (AvgIpc) is 2.24. The molecule has 0 aromatic heterocycles. The Balaban J connectivity index is 2.91. The number of amides is 2. The molecular formula is C14H19N3O. The van der Waals surface area contributed by atoms with Gasteiger partial charge in [0.05, 0.1) is 5.71 Å². The van der Waals surface area contributed by atoms with E-state index in [0.29, 0.717) is 5.71 Å². The number of urea groups is 1. The fourth-order valence-electron chi connectivity index (χ4n) is 1.84. The topological polar surface area (TPSA) is 67.5 Å². The minimum atomic E-state index is -0.662. The van der Waals surface area contributed by atoms with E-state index in [4.69, 9.17) is 5.73 Å². The fraction of sp³-hybridized carbons (Fsp3) is 0.286. The predicted molar refractivity (Wildman–Crippen MR) is 75.5 cm³/mol. The van der Waals surface area contributed by atoms with Crippen molar-refractivity contribution in [2.45, 2.75) is 27.7 Å². The van der Waals surface area contributed by atoms with Gasteiger partial charge in [-0.3, -0.25) is 0 Å². The first-order valence-electron chi connectivity index (χ1n) is 5.76. The number of hydrazone groups is 1. The average molecular weight is 245 g/mol. The van der Waals surface area contributed by atoms with E-state index in [1.165, 1.54) is 22.3 Å². The molecule has 0 radical (unpaired) electrons. The van der Waals surface area contributed by atoms with Gasteiger partial charge in [0, 0.05) is 0 Å². The predicted octanol–water partition coefficient (Wildman–Crippen LogP) is 2.67. The van der Waals surface area contributed by atoms with Crippen molar-refractivity contribution < 1.29 is 4.79 Å². The summed E-state index contributed by atoms with van der Waals surface area (Å²) in [6.07, 6.45) is 3.84. The zero-order chi connectivity index (χ0) is 13.7. The molecule has 2 amide bonds. The van der Waals surface area contributed by atoms with Gasteiger partial charge < -0.3 is 5.73 Å². The second-order valence-electron chi connectivity index (χ2n) is 4.37. The summed E-state index contributed by atoms with van der Waals surface area (Å²) in [5.41, 5.74) is 12.7. The van der Waals surface area contributed by atoms with E-state index in [1.807, 2.05) is 12.2 Å². The highest BCUT2D eigenvalue weighted by atomic mass is 16.2. The Morgan fingerprint density at radius 3 is 2.33 bits per heavy atom. The third-order valence-corrected chi connectivity index (χ3v) is 2.57. The number of nitrogens with two attached hydrogens (primary N) is 1. The van der Waals surface area contributed by atoms with Crippen molar-refractivity contribution in [2.75, 3.05) is 0 Å². The molecule has 1 aromatic rings. The Labute approximate surface area is 108 Å². The molecule has 96 valence electrons. The maximum Gasteiger partial charge on any atom is 0.332 e. The lowest BCUT2D eigenvalue weighted by Crippen LogP contribution is -2.25. The van der Waals surface area contributed by atoms with E-state index in [1.54, 1.807) is 6.92 Å². The molecule has 4 nitrogen and oxygen atoms in total. The Kier molecular flexibility index (Phi) is 4.66. The minimum absolute atomic E-state index is 0.662. The summed E-state index contributed by atoms with van der Waals surface area (Å²) in [5.74, 6) is 0. The zero-order valence-electron chi connectivity index (χ0n) is 11.2. The summed E-state index contributed by atoms with van der Waals surface area (Å²) < 4.78 is 0. The zero-order valence-corrected chi connectivity index (χ0v) is 11.2. The summed E-state index contributed by atoms with van der Waals surface area (Å²) in [6.45, 7) is 8.03. The third-order valence-electron chi connectivity index (χ3n) is 2.57. The second-order valence-corrected chi connectivity index (χ2v) is 4.37. The molecule has 3 N–H and O–H groups in total. The van der Waals surface area contributed by atoms with E-state index in [-0.39, 0.29) is 0 Å². The molecule has 0 saturated carbocycles. The van der Waals surface area contributed by atoms with Crippen molar-refractivity contribution in [1.29, 1.82) is 0 Å². The van der Waals surface area contributed by atoms with E-state index in [0.717, 1.165) is 0 Å². The van der Waals surface area contributed by atoms with Crippen LogP contribution in [0.5, 0.6) is 0 Å². The molecule has 1 aromatic carbocycles. The van der Waals surface area contributed by atoms with Crippen LogP contribution in [0.15, 0.2) is 23.3 Å². The maximum absolute atomic E-state index is 10.5. The van der Waals surface area contributed by atoms with Gasteiger partial charge in [-0.25, -0.2) is 10.2 Å². The highest BCUT2D eigenvalue weighted by molar-refractivity contribution is 5.97. The highest BCUT2D eigenvalue weighted by Crippen LogP contribution is 2.17. The van der Waals surface area contributed by atoms with Crippen LogP contribution in [0.25, 0.3) is 6.08 Å². The van der Waals surface area contributed by atoms with Crippen LogP contribution in [0.1, 0.15) is 29.2 Å². The Hall–Kier alpha value is -2.10. The monoisotopic (exact) mass is 245 g/mol. The third kappa shape index (κ3) is 4.05. The van der Waals surface area contributed by atoms with Crippen LogP contribution in [-0.2, 0) is 0 Å². The number of aryl methyl sites for hydroxylation is 3. The van der Waals surface area contributed by atoms with Gasteiger partial charge in [-0.1, -0.05) is 23.8 Å². The van der Waals surface area contributed by atoms with Gasteiger partial charge in [-0.2, -0.15) is 5.10 Å². The van der Waals surface area contributed by atoms with E-state index >= 15 is 0 Å². The largest absolute Gasteiger partial charge is 0.350 e. The Bertz CT molecular complexity index is 493. The van der Waals surface area contributed by atoms with Crippen molar-refractivity contribution in [3.05, 3.63) is 40.5 Å². The summed E-state index contributed by atoms with van der Waals surface area (Å²) in [5, 5.41) is 3.82. The molecule has 0 bridgehead atoms. The second kappa shape index (κ2) is 6.00. The molecule has 0 atom stereocenters. The summed E-state index contributed by atoms with van der Waals surface area (Å²) in [6, 6.07) is 3.62. The number of benzene rings is 1. The molecule has 0 aliphatic carbocycles. The van der Waals surface area contributed by atoms with Gasteiger partial charge in [-0.15, -0.1) is 0 Å². The number of primary amides is 1. The number of nitrogens with zero attached hydrogens (tertiary/aromatic N) is 1. The minimum Gasteiger partial charge on any atom is -0.350 e. The standard InChI is InChI=1S/C14H19N3O/c1-9-7-10(2)13(11(3)8-9)6-5-12(4)16-17-14(15)18/h5-8H,1-4H3,(H3,15,17,18)/b6-5+,16-12+. The normalized spacial score (nSPS) is 11.9. The molecule has 0 heterocycles. The van der Waals surface area contributed by atoms with Crippen molar-refractivity contribution in [3.63, 3.8) is 0 Å².